The summed E-state index contributed by atoms with van der Waals surface area (Å²) in [5, 5.41) is 0. The van der Waals surface area contributed by atoms with E-state index in [1.807, 2.05) is 13.8 Å². The predicted octanol–water partition coefficient (Wildman–Crippen LogP) is 1.23. The fraction of sp³-hybridized carbons (Fsp3) is 0.200. The lowest BCUT2D eigenvalue weighted by atomic mass is 10.1. The van der Waals surface area contributed by atoms with Gasteiger partial charge in [0.05, 0.1) is 11.1 Å². The summed E-state index contributed by atoms with van der Waals surface area (Å²) >= 11 is 0. The third-order valence-electron chi connectivity index (χ3n) is 2.65. The van der Waals surface area contributed by atoms with Crippen LogP contribution < -0.4 is 11.5 Å². The zero-order valence-corrected chi connectivity index (χ0v) is 12.0. The molecular formula is C15H18N4O2. The standard InChI is InChI=1S/C8H10N2O.C7H8N2O/c1-2-6-3-7(8(9)11)5-10-4-6;1-5-2-6(7(8)10)4-9-3-5/h3-5H,2H2,1H3,(H2,9,11);2-4H,1H3,(H2,8,10). The van der Waals surface area contributed by atoms with Gasteiger partial charge >= 0.3 is 0 Å². The van der Waals surface area contributed by atoms with Crippen LogP contribution in [0.1, 0.15) is 38.8 Å². The molecule has 0 unspecified atom stereocenters. The Kier molecular flexibility index (Phi) is 6.00. The van der Waals surface area contributed by atoms with Crippen molar-refractivity contribution >= 4 is 11.8 Å². The summed E-state index contributed by atoms with van der Waals surface area (Å²) in [5.74, 6) is -0.857. The first kappa shape index (κ1) is 16.3. The highest BCUT2D eigenvalue weighted by Gasteiger charge is 2.00. The van der Waals surface area contributed by atoms with E-state index in [2.05, 4.69) is 9.97 Å². The number of carbonyl (C=O) groups excluding carboxylic acids is 2. The molecule has 2 rings (SSSR count). The summed E-state index contributed by atoms with van der Waals surface area (Å²) in [4.78, 5) is 28.9. The maximum Gasteiger partial charge on any atom is 0.250 e. The minimum Gasteiger partial charge on any atom is -0.366 e. The van der Waals surface area contributed by atoms with Gasteiger partial charge in [-0.2, -0.15) is 0 Å². The van der Waals surface area contributed by atoms with Crippen LogP contribution >= 0.6 is 0 Å². The topological polar surface area (TPSA) is 112 Å². The summed E-state index contributed by atoms with van der Waals surface area (Å²) < 4.78 is 0. The zero-order chi connectivity index (χ0) is 15.8. The van der Waals surface area contributed by atoms with E-state index in [-0.39, 0.29) is 0 Å². The maximum absolute atomic E-state index is 10.7. The van der Waals surface area contributed by atoms with Crippen molar-refractivity contribution in [2.24, 2.45) is 11.5 Å². The van der Waals surface area contributed by atoms with E-state index in [1.54, 1.807) is 24.5 Å². The van der Waals surface area contributed by atoms with Gasteiger partial charge in [0, 0.05) is 24.8 Å². The summed E-state index contributed by atoms with van der Waals surface area (Å²) in [6.07, 6.45) is 7.20. The zero-order valence-electron chi connectivity index (χ0n) is 12.0. The van der Waals surface area contributed by atoms with Crippen molar-refractivity contribution in [3.05, 3.63) is 59.2 Å². The fourth-order valence-corrected chi connectivity index (χ4v) is 1.51. The number of amides is 2. The van der Waals surface area contributed by atoms with E-state index in [9.17, 15) is 9.59 Å². The Bertz CT molecular complexity index is 641. The van der Waals surface area contributed by atoms with Gasteiger partial charge in [-0.3, -0.25) is 19.6 Å². The third kappa shape index (κ3) is 5.40. The third-order valence-corrected chi connectivity index (χ3v) is 2.65. The van der Waals surface area contributed by atoms with Crippen LogP contribution in [0.2, 0.25) is 0 Å². The minimum absolute atomic E-state index is 0.423. The number of aryl methyl sites for hydroxylation is 2. The van der Waals surface area contributed by atoms with Crippen LogP contribution in [-0.4, -0.2) is 21.8 Å². The minimum atomic E-state index is -0.434. The Labute approximate surface area is 123 Å². The molecule has 0 aromatic carbocycles. The molecule has 0 bridgehead atoms. The van der Waals surface area contributed by atoms with Crippen LogP contribution in [0, 0.1) is 6.92 Å². The average molecular weight is 286 g/mol. The molecule has 21 heavy (non-hydrogen) atoms. The summed E-state index contributed by atoms with van der Waals surface area (Å²) in [7, 11) is 0. The molecule has 2 heterocycles. The summed E-state index contributed by atoms with van der Waals surface area (Å²) in [6.45, 7) is 3.86. The van der Waals surface area contributed by atoms with E-state index in [0.29, 0.717) is 11.1 Å². The lowest BCUT2D eigenvalue weighted by Gasteiger charge is -1.97. The largest absolute Gasteiger partial charge is 0.366 e. The normalized spacial score (nSPS) is 9.43. The molecule has 0 fully saturated rings. The van der Waals surface area contributed by atoms with E-state index in [1.165, 1.54) is 12.4 Å². The van der Waals surface area contributed by atoms with Crippen LogP contribution in [0.15, 0.2) is 36.9 Å². The molecule has 2 aromatic rings. The molecule has 2 amide bonds. The Balaban J connectivity index is 0.000000211. The van der Waals surface area contributed by atoms with E-state index in [4.69, 9.17) is 11.5 Å². The quantitative estimate of drug-likeness (QED) is 0.883. The molecule has 0 saturated carbocycles. The highest BCUT2D eigenvalue weighted by Crippen LogP contribution is 2.01. The molecule has 4 N–H and O–H groups in total. The molecule has 6 heteroatoms. The van der Waals surface area contributed by atoms with Crippen LogP contribution in [0.4, 0.5) is 0 Å². The van der Waals surface area contributed by atoms with Crippen molar-refractivity contribution in [1.82, 2.24) is 9.97 Å². The van der Waals surface area contributed by atoms with Crippen molar-refractivity contribution < 1.29 is 9.59 Å². The number of primary amides is 2. The highest BCUT2D eigenvalue weighted by atomic mass is 16.1. The number of aromatic nitrogens is 2. The lowest BCUT2D eigenvalue weighted by molar-refractivity contribution is 0.0991. The van der Waals surface area contributed by atoms with Gasteiger partial charge in [-0.05, 0) is 36.6 Å². The summed E-state index contributed by atoms with van der Waals surface area (Å²) in [5.41, 5.74) is 13.0. The molecule has 0 radical (unpaired) electrons. The van der Waals surface area contributed by atoms with Crippen molar-refractivity contribution in [2.75, 3.05) is 0 Å². The van der Waals surface area contributed by atoms with Crippen molar-refractivity contribution in [3.8, 4) is 0 Å². The Hall–Kier alpha value is -2.76. The van der Waals surface area contributed by atoms with Crippen molar-refractivity contribution in [2.45, 2.75) is 20.3 Å². The monoisotopic (exact) mass is 286 g/mol. The molecule has 0 spiro atoms. The number of hydrogen-bond donors (Lipinski definition) is 2. The predicted molar refractivity (Wildman–Crippen MR) is 79.6 cm³/mol. The molecule has 2 aromatic heterocycles. The van der Waals surface area contributed by atoms with Crippen LogP contribution in [0.5, 0.6) is 0 Å². The molecule has 0 atom stereocenters. The molecule has 6 nitrogen and oxygen atoms in total. The first-order chi connectivity index (χ1) is 9.93. The van der Waals surface area contributed by atoms with Gasteiger partial charge < -0.3 is 11.5 Å². The van der Waals surface area contributed by atoms with Gasteiger partial charge in [0.1, 0.15) is 0 Å². The number of pyridine rings is 2. The van der Waals surface area contributed by atoms with E-state index >= 15 is 0 Å². The Morgan fingerprint density at radius 3 is 1.90 bits per heavy atom. The first-order valence-corrected chi connectivity index (χ1v) is 6.39. The lowest BCUT2D eigenvalue weighted by Crippen LogP contribution is -2.11. The van der Waals surface area contributed by atoms with Crippen molar-refractivity contribution in [1.29, 1.82) is 0 Å². The summed E-state index contributed by atoms with van der Waals surface area (Å²) in [6, 6.07) is 3.46. The van der Waals surface area contributed by atoms with Crippen LogP contribution in [0.25, 0.3) is 0 Å². The Morgan fingerprint density at radius 1 is 0.952 bits per heavy atom. The van der Waals surface area contributed by atoms with Crippen molar-refractivity contribution in [3.63, 3.8) is 0 Å². The smallest absolute Gasteiger partial charge is 0.250 e. The number of nitrogens with zero attached hydrogens (tertiary/aromatic N) is 2. The van der Waals surface area contributed by atoms with E-state index < -0.39 is 11.8 Å². The molecule has 110 valence electrons. The maximum atomic E-state index is 10.7. The molecule has 0 aliphatic heterocycles. The average Bonchev–Trinajstić information content (AvgIpc) is 2.48. The second-order valence-electron chi connectivity index (χ2n) is 4.41. The number of hydrogen-bond acceptors (Lipinski definition) is 4. The molecule has 0 saturated heterocycles. The van der Waals surface area contributed by atoms with Gasteiger partial charge in [-0.15, -0.1) is 0 Å². The fourth-order valence-electron chi connectivity index (χ4n) is 1.51. The van der Waals surface area contributed by atoms with Gasteiger partial charge in [0.2, 0.25) is 11.8 Å². The number of rotatable bonds is 3. The van der Waals surface area contributed by atoms with Gasteiger partial charge in [-0.1, -0.05) is 6.92 Å². The SMILES string of the molecule is CCc1cncc(C(N)=O)c1.Cc1cncc(C(N)=O)c1. The molecule has 0 aliphatic carbocycles. The molecule has 0 aliphatic rings. The molecular weight excluding hydrogens is 268 g/mol. The van der Waals surface area contributed by atoms with Crippen LogP contribution in [-0.2, 0) is 6.42 Å². The Morgan fingerprint density at radius 2 is 1.48 bits per heavy atom. The first-order valence-electron chi connectivity index (χ1n) is 6.39. The number of carbonyl (C=O) groups is 2. The van der Waals surface area contributed by atoms with Gasteiger partial charge in [0.25, 0.3) is 0 Å². The van der Waals surface area contributed by atoms with Gasteiger partial charge in [0.15, 0.2) is 0 Å². The second-order valence-corrected chi connectivity index (χ2v) is 4.41. The van der Waals surface area contributed by atoms with E-state index in [0.717, 1.165) is 17.5 Å². The highest BCUT2D eigenvalue weighted by molar-refractivity contribution is 5.92. The number of nitrogens with two attached hydrogens (primary N) is 2. The van der Waals surface area contributed by atoms with Gasteiger partial charge in [-0.25, -0.2) is 0 Å². The van der Waals surface area contributed by atoms with Crippen LogP contribution in [0.3, 0.4) is 0 Å². The second kappa shape index (κ2) is 7.74.